The number of carbonyl (C=O) groups is 3. The van der Waals surface area contributed by atoms with Crippen molar-refractivity contribution < 1.29 is 32.6 Å². The van der Waals surface area contributed by atoms with Crippen LogP contribution in [0.2, 0.25) is 0 Å². The number of carbonyl (C=O) groups excluding carboxylic acids is 3. The SMILES string of the molecule is CC(C)(C)OC(=O)N1CCN(CCCOc2ccc3nccc(C(=O)CCC(=O)N4CC(F)(F)C[C@H]4C#N)c3c2)CC1. The average molecular weight is 586 g/mol. The van der Waals surface area contributed by atoms with E-state index in [-0.39, 0.29) is 24.7 Å². The zero-order valence-corrected chi connectivity index (χ0v) is 24.3. The Morgan fingerprint density at radius 3 is 2.55 bits per heavy atom. The summed E-state index contributed by atoms with van der Waals surface area (Å²) >= 11 is 0. The second-order valence-electron chi connectivity index (χ2n) is 11.7. The number of hydrogen-bond donors (Lipinski definition) is 0. The Kier molecular flexibility index (Phi) is 9.61. The zero-order chi connectivity index (χ0) is 30.5. The van der Waals surface area contributed by atoms with Crippen molar-refractivity contribution in [3.05, 3.63) is 36.0 Å². The number of likely N-dealkylation sites (tertiary alicyclic amines) is 1. The van der Waals surface area contributed by atoms with Gasteiger partial charge in [0, 0.05) is 69.1 Å². The molecule has 1 aromatic carbocycles. The number of ether oxygens (including phenoxy) is 2. The van der Waals surface area contributed by atoms with Gasteiger partial charge in [0.25, 0.3) is 5.92 Å². The number of alkyl halides is 2. The molecular formula is C30H37F2N5O5. The van der Waals surface area contributed by atoms with Gasteiger partial charge in [-0.3, -0.25) is 19.5 Å². The number of benzene rings is 1. The number of aromatic nitrogens is 1. The predicted molar refractivity (Wildman–Crippen MR) is 150 cm³/mol. The zero-order valence-electron chi connectivity index (χ0n) is 24.3. The molecule has 2 amide bonds. The van der Waals surface area contributed by atoms with Gasteiger partial charge in [-0.2, -0.15) is 5.26 Å². The van der Waals surface area contributed by atoms with Crippen LogP contribution in [-0.4, -0.2) is 101 Å². The Morgan fingerprint density at radius 1 is 1.12 bits per heavy atom. The third kappa shape index (κ3) is 8.12. The lowest BCUT2D eigenvalue weighted by atomic mass is 10.0. The van der Waals surface area contributed by atoms with Crippen molar-refractivity contribution in [2.75, 3.05) is 45.9 Å². The van der Waals surface area contributed by atoms with E-state index in [1.165, 1.54) is 6.20 Å². The smallest absolute Gasteiger partial charge is 0.410 e. The lowest BCUT2D eigenvalue weighted by Crippen LogP contribution is -2.50. The molecule has 12 heteroatoms. The molecule has 0 aliphatic carbocycles. The molecule has 0 saturated carbocycles. The number of fused-ring (bicyclic) bond motifs is 1. The summed E-state index contributed by atoms with van der Waals surface area (Å²) in [6, 6.07) is 7.40. The summed E-state index contributed by atoms with van der Waals surface area (Å²) in [5.41, 5.74) is 0.437. The maximum absolute atomic E-state index is 13.7. The molecular weight excluding hydrogens is 548 g/mol. The van der Waals surface area contributed by atoms with Gasteiger partial charge in [0.1, 0.15) is 17.4 Å². The number of Topliss-reactive ketones (excluding diaryl/α,β-unsaturated/α-hetero) is 1. The first-order valence-corrected chi connectivity index (χ1v) is 14.2. The number of halogens is 2. The molecule has 0 bridgehead atoms. The van der Waals surface area contributed by atoms with Crippen LogP contribution < -0.4 is 4.74 Å². The van der Waals surface area contributed by atoms with E-state index in [1.807, 2.05) is 20.8 Å². The molecule has 0 spiro atoms. The van der Waals surface area contributed by atoms with Crippen LogP contribution in [0, 0.1) is 11.3 Å². The summed E-state index contributed by atoms with van der Waals surface area (Å²) in [5.74, 6) is -3.49. The van der Waals surface area contributed by atoms with Crippen molar-refractivity contribution in [1.29, 1.82) is 5.26 Å². The van der Waals surface area contributed by atoms with Gasteiger partial charge in [-0.1, -0.05) is 0 Å². The van der Waals surface area contributed by atoms with E-state index < -0.39 is 36.4 Å². The lowest BCUT2D eigenvalue weighted by Gasteiger charge is -2.35. The molecule has 0 unspecified atom stereocenters. The maximum Gasteiger partial charge on any atom is 0.410 e. The molecule has 0 N–H and O–H groups in total. The quantitative estimate of drug-likeness (QED) is 0.316. The fourth-order valence-electron chi connectivity index (χ4n) is 5.11. The third-order valence-electron chi connectivity index (χ3n) is 7.23. The number of nitrogens with zero attached hydrogens (tertiary/aromatic N) is 5. The molecule has 4 rings (SSSR count). The Hall–Kier alpha value is -3.85. The number of rotatable bonds is 9. The monoisotopic (exact) mass is 585 g/mol. The molecule has 2 fully saturated rings. The number of nitriles is 1. The van der Waals surface area contributed by atoms with Crippen molar-refractivity contribution in [2.24, 2.45) is 0 Å². The maximum atomic E-state index is 13.7. The standard InChI is InChI=1S/C30H37F2N5O5/c1-29(2,3)42-28(40)36-14-12-35(13-15-36)11-4-16-41-22-5-6-25-24(17-22)23(9-10-34-25)26(38)7-8-27(39)37-20-30(31,32)18-21(37)19-33/h5-6,9-10,17,21H,4,7-8,11-16,18,20H2,1-3H3/t21-/m0/s1. The van der Waals surface area contributed by atoms with Crippen molar-refractivity contribution in [1.82, 2.24) is 19.7 Å². The van der Waals surface area contributed by atoms with Crippen molar-refractivity contribution >= 4 is 28.7 Å². The lowest BCUT2D eigenvalue weighted by molar-refractivity contribution is -0.132. The van der Waals surface area contributed by atoms with Crippen LogP contribution in [-0.2, 0) is 9.53 Å². The average Bonchev–Trinajstić information content (AvgIpc) is 3.27. The molecule has 0 radical (unpaired) electrons. The largest absolute Gasteiger partial charge is 0.494 e. The van der Waals surface area contributed by atoms with E-state index in [1.54, 1.807) is 35.2 Å². The van der Waals surface area contributed by atoms with Gasteiger partial charge in [-0.25, -0.2) is 13.6 Å². The van der Waals surface area contributed by atoms with Crippen LogP contribution in [0.25, 0.3) is 10.9 Å². The van der Waals surface area contributed by atoms with Crippen LogP contribution in [0.3, 0.4) is 0 Å². The van der Waals surface area contributed by atoms with Gasteiger partial charge in [-0.15, -0.1) is 0 Å². The van der Waals surface area contributed by atoms with Crippen LogP contribution >= 0.6 is 0 Å². The first kappa shape index (κ1) is 31.1. The van der Waals surface area contributed by atoms with Crippen molar-refractivity contribution in [3.63, 3.8) is 0 Å². The Morgan fingerprint density at radius 2 is 1.86 bits per heavy atom. The van der Waals surface area contributed by atoms with E-state index in [9.17, 15) is 23.2 Å². The summed E-state index contributed by atoms with van der Waals surface area (Å²) in [6.07, 6.45) is 0.859. The molecule has 42 heavy (non-hydrogen) atoms. The molecule has 3 heterocycles. The third-order valence-corrected chi connectivity index (χ3v) is 7.23. The minimum absolute atomic E-state index is 0.176. The van der Waals surface area contributed by atoms with Crippen LogP contribution in [0.5, 0.6) is 5.75 Å². The highest BCUT2D eigenvalue weighted by Gasteiger charge is 2.47. The number of hydrogen-bond acceptors (Lipinski definition) is 8. The highest BCUT2D eigenvalue weighted by Crippen LogP contribution is 2.32. The van der Waals surface area contributed by atoms with Gasteiger partial charge in [0.2, 0.25) is 5.91 Å². The number of ketones is 1. The molecule has 2 aliphatic heterocycles. The van der Waals surface area contributed by atoms with E-state index >= 15 is 0 Å². The minimum atomic E-state index is -3.10. The van der Waals surface area contributed by atoms with E-state index in [0.717, 1.165) is 31.0 Å². The normalized spacial score (nSPS) is 19.0. The molecule has 1 atom stereocenters. The second-order valence-corrected chi connectivity index (χ2v) is 11.7. The van der Waals surface area contributed by atoms with Crippen LogP contribution in [0.15, 0.2) is 30.5 Å². The van der Waals surface area contributed by atoms with Crippen LogP contribution in [0.4, 0.5) is 13.6 Å². The first-order valence-electron chi connectivity index (χ1n) is 14.2. The molecule has 2 aliphatic rings. The van der Waals surface area contributed by atoms with Crippen molar-refractivity contribution in [2.45, 2.75) is 64.0 Å². The molecule has 226 valence electrons. The summed E-state index contributed by atoms with van der Waals surface area (Å²) in [4.78, 5) is 47.0. The van der Waals surface area contributed by atoms with Crippen LogP contribution in [0.1, 0.15) is 56.8 Å². The van der Waals surface area contributed by atoms with E-state index in [4.69, 9.17) is 14.7 Å². The summed E-state index contributed by atoms with van der Waals surface area (Å²) in [7, 11) is 0. The Labute approximate surface area is 244 Å². The van der Waals surface area contributed by atoms with E-state index in [2.05, 4.69) is 9.88 Å². The highest BCUT2D eigenvalue weighted by molar-refractivity contribution is 6.08. The topological polar surface area (TPSA) is 116 Å². The second kappa shape index (κ2) is 13.0. The first-order chi connectivity index (χ1) is 19.8. The number of amides is 2. The fraction of sp³-hybridized carbons (Fsp3) is 0.567. The van der Waals surface area contributed by atoms with Gasteiger partial charge < -0.3 is 19.3 Å². The van der Waals surface area contributed by atoms with Gasteiger partial charge in [0.05, 0.1) is 24.7 Å². The highest BCUT2D eigenvalue weighted by atomic mass is 19.3. The minimum Gasteiger partial charge on any atom is -0.494 e. The summed E-state index contributed by atoms with van der Waals surface area (Å²) < 4.78 is 38.8. The Balaban J connectivity index is 1.26. The molecule has 2 aromatic rings. The Bertz CT molecular complexity index is 1350. The summed E-state index contributed by atoms with van der Waals surface area (Å²) in [5, 5.41) is 9.71. The summed E-state index contributed by atoms with van der Waals surface area (Å²) in [6.45, 7) is 8.75. The van der Waals surface area contributed by atoms with Gasteiger partial charge in [-0.05, 0) is 51.5 Å². The predicted octanol–water partition coefficient (Wildman–Crippen LogP) is 4.28. The van der Waals surface area contributed by atoms with Crippen molar-refractivity contribution in [3.8, 4) is 11.8 Å². The molecule has 10 nitrogen and oxygen atoms in total. The van der Waals surface area contributed by atoms with Gasteiger partial charge >= 0.3 is 6.09 Å². The van der Waals surface area contributed by atoms with Gasteiger partial charge in [0.15, 0.2) is 5.78 Å². The fourth-order valence-corrected chi connectivity index (χ4v) is 5.11. The van der Waals surface area contributed by atoms with E-state index in [0.29, 0.717) is 41.9 Å². The number of pyridine rings is 1. The number of piperazine rings is 1. The molecule has 1 aromatic heterocycles. The molecule has 2 saturated heterocycles.